The van der Waals surface area contributed by atoms with Gasteiger partial charge in [-0.15, -0.1) is 11.3 Å². The number of Topliss-reactive ketones (excluding diaryl/α,β-unsaturated/α-hetero) is 2. The molecule has 0 radical (unpaired) electrons. The van der Waals surface area contributed by atoms with Crippen LogP contribution in [0.25, 0.3) is 0 Å². The lowest BCUT2D eigenvalue weighted by atomic mass is 9.85. The Balaban J connectivity index is 2.31. The zero-order valence-corrected chi connectivity index (χ0v) is 23.9. The second kappa shape index (κ2) is 15.1. The van der Waals surface area contributed by atoms with Gasteiger partial charge in [-0.3, -0.25) is 9.59 Å². The van der Waals surface area contributed by atoms with Crippen LogP contribution < -0.4 is 4.90 Å². The molecule has 0 N–H and O–H groups in total. The van der Waals surface area contributed by atoms with E-state index in [9.17, 15) is 14.9 Å². The summed E-state index contributed by atoms with van der Waals surface area (Å²) in [6, 6.07) is 2.67. The van der Waals surface area contributed by atoms with Crippen LogP contribution in [0, 0.1) is 24.2 Å². The second-order valence-corrected chi connectivity index (χ2v) is 10.8. The molecule has 1 aliphatic rings. The maximum Gasteiger partial charge on any atom is 0.165 e. The van der Waals surface area contributed by atoms with Crippen LogP contribution in [-0.4, -0.2) is 37.4 Å². The Hall–Kier alpha value is -2.23. The summed E-state index contributed by atoms with van der Waals surface area (Å²) in [7, 11) is 0. The van der Waals surface area contributed by atoms with E-state index < -0.39 is 0 Å². The summed E-state index contributed by atoms with van der Waals surface area (Å²) in [4.78, 5) is 29.5. The van der Waals surface area contributed by atoms with Crippen molar-refractivity contribution in [2.24, 2.45) is 5.92 Å². The Labute approximate surface area is 222 Å². The Bertz CT molecular complexity index is 993. The van der Waals surface area contributed by atoms with Gasteiger partial charge in [0.2, 0.25) is 0 Å². The predicted octanol–water partition coefficient (Wildman–Crippen LogP) is 7.57. The molecule has 0 aromatic carbocycles. The fraction of sp³-hybridized carbons (Fsp3) is 0.633. The fourth-order valence-corrected chi connectivity index (χ4v) is 6.36. The third kappa shape index (κ3) is 7.63. The lowest BCUT2D eigenvalue weighted by Crippen LogP contribution is -2.39. The van der Waals surface area contributed by atoms with Crippen molar-refractivity contribution >= 4 is 27.9 Å². The second-order valence-electron chi connectivity index (χ2n) is 9.77. The fourth-order valence-electron chi connectivity index (χ4n) is 5.10. The van der Waals surface area contributed by atoms with Crippen molar-refractivity contribution in [3.63, 3.8) is 0 Å². The summed E-state index contributed by atoms with van der Waals surface area (Å²) in [5.41, 5.74) is 3.34. The molecule has 0 spiro atoms. The number of thiophene rings is 1. The van der Waals surface area contributed by atoms with E-state index in [0.29, 0.717) is 35.7 Å². The Morgan fingerprint density at radius 3 is 2.47 bits per heavy atom. The zero-order valence-electron chi connectivity index (χ0n) is 23.1. The van der Waals surface area contributed by atoms with Crippen LogP contribution >= 0.6 is 11.3 Å². The molecule has 1 saturated heterocycles. The average molecular weight is 513 g/mol. The minimum Gasteiger partial charge on any atom is -0.381 e. The number of ether oxygens (including phenoxy) is 1. The summed E-state index contributed by atoms with van der Waals surface area (Å²) >= 11 is 1.45. The third-order valence-electron chi connectivity index (χ3n) is 7.27. The number of allylic oxidation sites excluding steroid dienone is 4. The lowest BCUT2D eigenvalue weighted by Gasteiger charge is -2.34. The van der Waals surface area contributed by atoms with Crippen molar-refractivity contribution in [2.75, 3.05) is 24.7 Å². The molecule has 36 heavy (non-hydrogen) atoms. The van der Waals surface area contributed by atoms with E-state index >= 15 is 0 Å². The van der Waals surface area contributed by atoms with E-state index in [2.05, 4.69) is 31.7 Å². The predicted molar refractivity (Wildman–Crippen MR) is 150 cm³/mol. The minimum atomic E-state index is 0.0190. The molecular weight excluding hydrogens is 468 g/mol. The highest BCUT2D eigenvalue weighted by molar-refractivity contribution is 7.17. The van der Waals surface area contributed by atoms with Crippen LogP contribution in [0.5, 0.6) is 0 Å². The van der Waals surface area contributed by atoms with Gasteiger partial charge in [-0.2, -0.15) is 5.26 Å². The lowest BCUT2D eigenvalue weighted by molar-refractivity contribution is -0.116. The Morgan fingerprint density at radius 2 is 1.92 bits per heavy atom. The quantitative estimate of drug-likeness (QED) is 0.146. The molecule has 0 aliphatic carbocycles. The molecule has 2 heterocycles. The summed E-state index contributed by atoms with van der Waals surface area (Å²) in [5, 5.41) is 10.9. The van der Waals surface area contributed by atoms with E-state index in [1.54, 1.807) is 0 Å². The third-order valence-corrected chi connectivity index (χ3v) is 8.50. The van der Waals surface area contributed by atoms with Gasteiger partial charge in [0.05, 0.1) is 10.6 Å². The number of unbranched alkanes of at least 4 members (excludes halogenated alkanes) is 1. The van der Waals surface area contributed by atoms with Crippen LogP contribution in [0.15, 0.2) is 23.3 Å². The molecular formula is C30H44N2O3S. The molecule has 1 aromatic rings. The maximum absolute atomic E-state index is 13.6. The molecule has 0 amide bonds. The van der Waals surface area contributed by atoms with Crippen molar-refractivity contribution in [1.29, 1.82) is 5.26 Å². The molecule has 2 rings (SSSR count). The summed E-state index contributed by atoms with van der Waals surface area (Å²) in [5.74, 6) is 0.274. The van der Waals surface area contributed by atoms with Gasteiger partial charge in [0.25, 0.3) is 0 Å². The van der Waals surface area contributed by atoms with Crippen molar-refractivity contribution in [3.05, 3.63) is 39.3 Å². The van der Waals surface area contributed by atoms with Gasteiger partial charge in [0, 0.05) is 38.6 Å². The summed E-state index contributed by atoms with van der Waals surface area (Å²) < 4.78 is 5.55. The number of carbonyl (C=O) groups is 2. The van der Waals surface area contributed by atoms with Crippen LogP contribution in [0.2, 0.25) is 0 Å². The van der Waals surface area contributed by atoms with E-state index in [4.69, 9.17) is 4.74 Å². The van der Waals surface area contributed by atoms with Gasteiger partial charge in [-0.05, 0) is 76.0 Å². The molecule has 198 valence electrons. The van der Waals surface area contributed by atoms with Crippen LogP contribution in [0.4, 0.5) is 5.00 Å². The van der Waals surface area contributed by atoms with Crippen LogP contribution in [0.3, 0.4) is 0 Å². The van der Waals surface area contributed by atoms with Gasteiger partial charge in [0.15, 0.2) is 11.6 Å². The first-order valence-corrected chi connectivity index (χ1v) is 14.4. The first-order chi connectivity index (χ1) is 17.3. The van der Waals surface area contributed by atoms with E-state index in [0.717, 1.165) is 73.6 Å². The zero-order chi connectivity index (χ0) is 26.7. The van der Waals surface area contributed by atoms with E-state index in [1.165, 1.54) is 11.3 Å². The first-order valence-electron chi connectivity index (χ1n) is 13.6. The highest BCUT2D eigenvalue weighted by atomic mass is 32.1. The minimum absolute atomic E-state index is 0.0190. The molecule has 1 unspecified atom stereocenters. The molecule has 0 bridgehead atoms. The normalized spacial score (nSPS) is 16.0. The SMILES string of the molecule is CC=CC(C)=C(CC(CC)CC(=O)c1c(C#N)sc(N(CC)C2CCOCC2)c1C)C(=O)CCCC. The molecule has 1 aromatic heterocycles. The number of nitrogens with zero attached hydrogens (tertiary/aromatic N) is 2. The number of hydrogen-bond acceptors (Lipinski definition) is 6. The van der Waals surface area contributed by atoms with Gasteiger partial charge in [-0.1, -0.05) is 38.8 Å². The van der Waals surface area contributed by atoms with Gasteiger partial charge >= 0.3 is 0 Å². The van der Waals surface area contributed by atoms with Gasteiger partial charge in [0.1, 0.15) is 10.9 Å². The summed E-state index contributed by atoms with van der Waals surface area (Å²) in [6.07, 6.45) is 10.0. The topological polar surface area (TPSA) is 70.4 Å². The highest BCUT2D eigenvalue weighted by Gasteiger charge is 2.29. The van der Waals surface area contributed by atoms with Crippen molar-refractivity contribution in [3.8, 4) is 6.07 Å². The monoisotopic (exact) mass is 512 g/mol. The largest absolute Gasteiger partial charge is 0.381 e. The number of anilines is 1. The van der Waals surface area contributed by atoms with E-state index in [-0.39, 0.29) is 17.5 Å². The molecule has 6 heteroatoms. The standard InChI is InChI=1S/C30H44N2O3S/c1-7-11-13-26(33)25(21(5)12-8-2)18-23(9-3)19-27(34)29-22(6)30(36-28(29)20-31)32(10-4)24-14-16-35-17-15-24/h8,12,23-24H,7,9-11,13-19H2,1-6H3. The van der Waals surface area contributed by atoms with Crippen molar-refractivity contribution in [1.82, 2.24) is 0 Å². The molecule has 0 saturated carbocycles. The number of carbonyl (C=O) groups excluding carboxylic acids is 2. The maximum atomic E-state index is 13.6. The summed E-state index contributed by atoms with van der Waals surface area (Å²) in [6.45, 7) is 14.6. The smallest absolute Gasteiger partial charge is 0.165 e. The number of hydrogen-bond donors (Lipinski definition) is 0. The van der Waals surface area contributed by atoms with Crippen molar-refractivity contribution in [2.45, 2.75) is 99.0 Å². The molecule has 5 nitrogen and oxygen atoms in total. The Morgan fingerprint density at radius 1 is 1.22 bits per heavy atom. The van der Waals surface area contributed by atoms with Gasteiger partial charge in [-0.25, -0.2) is 0 Å². The molecule has 1 atom stereocenters. The number of nitriles is 1. The average Bonchev–Trinajstić information content (AvgIpc) is 3.22. The first kappa shape index (κ1) is 30.0. The number of rotatable bonds is 14. The van der Waals surface area contributed by atoms with Crippen molar-refractivity contribution < 1.29 is 14.3 Å². The van der Waals surface area contributed by atoms with Crippen LogP contribution in [-0.2, 0) is 9.53 Å². The van der Waals surface area contributed by atoms with E-state index in [1.807, 2.05) is 32.9 Å². The van der Waals surface area contributed by atoms with Gasteiger partial charge < -0.3 is 9.64 Å². The molecule has 1 fully saturated rings. The van der Waals surface area contributed by atoms with Crippen LogP contribution in [0.1, 0.15) is 107 Å². The molecule has 1 aliphatic heterocycles. The number of ketones is 2. The highest BCUT2D eigenvalue weighted by Crippen LogP contribution is 2.39. The Kier molecular flexibility index (Phi) is 12.6.